The molecule has 0 N–H and O–H groups in total. The molecule has 0 atom stereocenters. The molecule has 1 fully saturated rings. The molecule has 1 saturated carbocycles. The molecule has 0 radical (unpaired) electrons. The van der Waals surface area contributed by atoms with Gasteiger partial charge in [0, 0.05) is 0 Å². The number of hydrogen-bond acceptors (Lipinski definition) is 1. The summed E-state index contributed by atoms with van der Waals surface area (Å²) in [7, 11) is 0. The molecule has 3 rings (SSSR count). The third-order valence-electron chi connectivity index (χ3n) is 5.43. The van der Waals surface area contributed by atoms with Gasteiger partial charge in [0.2, 0.25) is 0 Å². The molecule has 2 aromatic carbocycles. The van der Waals surface area contributed by atoms with Crippen LogP contribution < -0.4 is 4.74 Å². The van der Waals surface area contributed by atoms with Crippen molar-refractivity contribution in [2.45, 2.75) is 57.5 Å². The molecule has 152 valence electrons. The number of benzene rings is 2. The highest BCUT2D eigenvalue weighted by atomic mass is 19.3. The Morgan fingerprint density at radius 3 is 2.04 bits per heavy atom. The number of ether oxygens (including phenoxy) is 1. The molecular weight excluding hydrogens is 375 g/mol. The second-order valence-corrected chi connectivity index (χ2v) is 7.44. The molecule has 0 unspecified atom stereocenters. The van der Waals surface area contributed by atoms with E-state index in [0.29, 0.717) is 11.5 Å². The topological polar surface area (TPSA) is 9.23 Å². The van der Waals surface area contributed by atoms with Crippen molar-refractivity contribution in [1.29, 1.82) is 0 Å². The summed E-state index contributed by atoms with van der Waals surface area (Å²) in [5.41, 5.74) is -1.02. The highest BCUT2D eigenvalue weighted by molar-refractivity contribution is 5.32. The van der Waals surface area contributed by atoms with Crippen LogP contribution in [0, 0.1) is 23.4 Å². The quantitative estimate of drug-likeness (QED) is 0.464. The van der Waals surface area contributed by atoms with Gasteiger partial charge in [-0.3, -0.25) is 0 Å². The molecule has 1 aliphatic rings. The van der Waals surface area contributed by atoms with Gasteiger partial charge < -0.3 is 4.74 Å². The predicted molar refractivity (Wildman–Crippen MR) is 96.9 cm³/mol. The standard InChI is InChI=1S/C22H23F5O/c1-2-3-14-4-6-15(7-5-14)16-12-19(24)21(20(25)13-16)22(26,27)28-18-10-8-17(23)9-11-18/h8-15H,2-7H2,1H3. The number of alkyl halides is 2. The van der Waals surface area contributed by atoms with Crippen LogP contribution in [-0.4, -0.2) is 0 Å². The minimum atomic E-state index is -4.22. The van der Waals surface area contributed by atoms with Crippen molar-refractivity contribution in [3.05, 3.63) is 65.0 Å². The van der Waals surface area contributed by atoms with Crippen molar-refractivity contribution < 1.29 is 26.7 Å². The first kappa shape index (κ1) is 20.6. The van der Waals surface area contributed by atoms with Crippen LogP contribution in [0.1, 0.15) is 62.5 Å². The summed E-state index contributed by atoms with van der Waals surface area (Å²) in [5.74, 6) is -3.09. The van der Waals surface area contributed by atoms with Gasteiger partial charge in [0.15, 0.2) is 0 Å². The molecule has 0 saturated heterocycles. The molecule has 2 aromatic rings. The second kappa shape index (κ2) is 8.50. The van der Waals surface area contributed by atoms with E-state index in [2.05, 4.69) is 11.7 Å². The van der Waals surface area contributed by atoms with Gasteiger partial charge in [-0.2, -0.15) is 8.78 Å². The molecule has 0 aromatic heterocycles. The van der Waals surface area contributed by atoms with Crippen molar-refractivity contribution >= 4 is 0 Å². The summed E-state index contributed by atoms with van der Waals surface area (Å²) in [6.07, 6.45) is 1.58. The molecule has 6 heteroatoms. The van der Waals surface area contributed by atoms with Crippen molar-refractivity contribution in [2.75, 3.05) is 0 Å². The SMILES string of the molecule is CCCC1CCC(c2cc(F)c(C(F)(F)Oc3ccc(F)cc3)c(F)c2)CC1. The lowest BCUT2D eigenvalue weighted by atomic mass is 9.77. The van der Waals surface area contributed by atoms with Crippen LogP contribution in [0.3, 0.4) is 0 Å². The maximum absolute atomic E-state index is 14.5. The highest BCUT2D eigenvalue weighted by Crippen LogP contribution is 2.40. The van der Waals surface area contributed by atoms with E-state index in [-0.39, 0.29) is 11.7 Å². The van der Waals surface area contributed by atoms with Gasteiger partial charge in [0.05, 0.1) is 0 Å². The second-order valence-electron chi connectivity index (χ2n) is 7.44. The summed E-state index contributed by atoms with van der Waals surface area (Å²) in [4.78, 5) is 0. The van der Waals surface area contributed by atoms with E-state index >= 15 is 0 Å². The fourth-order valence-electron chi connectivity index (χ4n) is 4.00. The number of hydrogen-bond donors (Lipinski definition) is 0. The van der Waals surface area contributed by atoms with Gasteiger partial charge in [-0.1, -0.05) is 19.8 Å². The fourth-order valence-corrected chi connectivity index (χ4v) is 4.00. The van der Waals surface area contributed by atoms with Gasteiger partial charge in [0.25, 0.3) is 0 Å². The Morgan fingerprint density at radius 1 is 0.929 bits per heavy atom. The summed E-state index contributed by atoms with van der Waals surface area (Å²) < 4.78 is 75.0. The number of rotatable bonds is 6. The molecule has 0 amide bonds. The maximum Gasteiger partial charge on any atom is 0.432 e. The first-order chi connectivity index (χ1) is 13.3. The van der Waals surface area contributed by atoms with Gasteiger partial charge in [0.1, 0.15) is 28.8 Å². The Labute approximate surface area is 161 Å². The van der Waals surface area contributed by atoms with Crippen molar-refractivity contribution in [3.63, 3.8) is 0 Å². The Bertz CT molecular complexity index is 772. The van der Waals surface area contributed by atoms with Crippen molar-refractivity contribution in [1.82, 2.24) is 0 Å². The zero-order valence-corrected chi connectivity index (χ0v) is 15.7. The molecule has 0 aliphatic heterocycles. The Hall–Kier alpha value is -2.11. The van der Waals surface area contributed by atoms with Crippen LogP contribution in [0.4, 0.5) is 22.0 Å². The van der Waals surface area contributed by atoms with Crippen LogP contribution in [0.5, 0.6) is 5.75 Å². The van der Waals surface area contributed by atoms with Crippen LogP contribution in [0.15, 0.2) is 36.4 Å². The monoisotopic (exact) mass is 398 g/mol. The van der Waals surface area contributed by atoms with Gasteiger partial charge in [-0.25, -0.2) is 13.2 Å². The summed E-state index contributed by atoms with van der Waals surface area (Å²) in [6, 6.07) is 5.78. The molecule has 28 heavy (non-hydrogen) atoms. The first-order valence-corrected chi connectivity index (χ1v) is 9.62. The van der Waals surface area contributed by atoms with E-state index in [4.69, 9.17) is 0 Å². The van der Waals surface area contributed by atoms with E-state index in [9.17, 15) is 22.0 Å². The molecule has 0 spiro atoms. The maximum atomic E-state index is 14.5. The molecule has 1 nitrogen and oxygen atoms in total. The summed E-state index contributed by atoms with van der Waals surface area (Å²) in [6.45, 7) is 2.13. The third-order valence-corrected chi connectivity index (χ3v) is 5.43. The first-order valence-electron chi connectivity index (χ1n) is 9.62. The lowest BCUT2D eigenvalue weighted by molar-refractivity contribution is -0.189. The van der Waals surface area contributed by atoms with Crippen LogP contribution in [0.25, 0.3) is 0 Å². The average Bonchev–Trinajstić information content (AvgIpc) is 2.63. The minimum absolute atomic E-state index is 0.0298. The highest BCUT2D eigenvalue weighted by Gasteiger charge is 2.41. The largest absolute Gasteiger partial charge is 0.432 e. The molecule has 0 bridgehead atoms. The number of halogens is 5. The fraction of sp³-hybridized carbons (Fsp3) is 0.455. The summed E-state index contributed by atoms with van der Waals surface area (Å²) in [5, 5.41) is 0. The zero-order chi connectivity index (χ0) is 20.3. The van der Waals surface area contributed by atoms with Gasteiger partial charge in [-0.05, 0) is 79.5 Å². The molecular formula is C22H23F5O. The normalized spacial score (nSPS) is 20.2. The molecule has 1 aliphatic carbocycles. The van der Waals surface area contributed by atoms with Crippen LogP contribution in [0.2, 0.25) is 0 Å². The average molecular weight is 398 g/mol. The van der Waals surface area contributed by atoms with E-state index < -0.39 is 29.1 Å². The zero-order valence-electron chi connectivity index (χ0n) is 15.7. The molecule has 0 heterocycles. The summed E-state index contributed by atoms with van der Waals surface area (Å²) >= 11 is 0. The lowest BCUT2D eigenvalue weighted by Gasteiger charge is -2.29. The van der Waals surface area contributed by atoms with Gasteiger partial charge in [-0.15, -0.1) is 0 Å². The minimum Gasteiger partial charge on any atom is -0.429 e. The van der Waals surface area contributed by atoms with E-state index in [1.54, 1.807) is 0 Å². The van der Waals surface area contributed by atoms with Crippen molar-refractivity contribution in [2.24, 2.45) is 5.92 Å². The van der Waals surface area contributed by atoms with Crippen LogP contribution in [-0.2, 0) is 6.11 Å². The van der Waals surface area contributed by atoms with Crippen LogP contribution >= 0.6 is 0 Å². The Balaban J connectivity index is 1.78. The Morgan fingerprint density at radius 2 is 1.50 bits per heavy atom. The predicted octanol–water partition coefficient (Wildman–Crippen LogP) is 7.31. The third kappa shape index (κ3) is 4.65. The van der Waals surface area contributed by atoms with E-state index in [1.165, 1.54) is 0 Å². The smallest absolute Gasteiger partial charge is 0.429 e. The Kier molecular flexibility index (Phi) is 6.26. The van der Waals surface area contributed by atoms with Gasteiger partial charge >= 0.3 is 6.11 Å². The lowest BCUT2D eigenvalue weighted by Crippen LogP contribution is -2.25. The van der Waals surface area contributed by atoms with E-state index in [0.717, 1.165) is 74.9 Å². The van der Waals surface area contributed by atoms with Crippen molar-refractivity contribution in [3.8, 4) is 5.75 Å². The van der Waals surface area contributed by atoms with E-state index in [1.807, 2.05) is 0 Å².